The molecule has 0 unspecified atom stereocenters. The number of benzene rings is 3. The van der Waals surface area contributed by atoms with Crippen LogP contribution in [-0.4, -0.2) is 16.8 Å². The predicted octanol–water partition coefficient (Wildman–Crippen LogP) is 6.02. The maximum absolute atomic E-state index is 13.0. The second-order valence-electron chi connectivity index (χ2n) is 6.36. The van der Waals surface area contributed by atoms with E-state index in [9.17, 15) is 23.5 Å². The number of rotatable bonds is 5. The van der Waals surface area contributed by atoms with Crippen LogP contribution in [0.1, 0.15) is 37.0 Å². The number of amides is 1. The summed E-state index contributed by atoms with van der Waals surface area (Å²) in [6.45, 7) is 3.55. The first kappa shape index (κ1) is 22.7. The van der Waals surface area contributed by atoms with Gasteiger partial charge in [-0.2, -0.15) is 0 Å². The van der Waals surface area contributed by atoms with Gasteiger partial charge in [0.25, 0.3) is 0 Å². The van der Waals surface area contributed by atoms with Crippen molar-refractivity contribution in [3.63, 3.8) is 0 Å². The van der Waals surface area contributed by atoms with E-state index in [2.05, 4.69) is 0 Å². The summed E-state index contributed by atoms with van der Waals surface area (Å²) in [5.74, 6) is -0.579. The molecule has 3 aromatic carbocycles. The van der Waals surface area contributed by atoms with Crippen LogP contribution >= 0.6 is 0 Å². The summed E-state index contributed by atoms with van der Waals surface area (Å²) in [4.78, 5) is 24.6. The van der Waals surface area contributed by atoms with Crippen molar-refractivity contribution in [2.24, 2.45) is 0 Å². The lowest BCUT2D eigenvalue weighted by molar-refractivity contribution is -0.117. The van der Waals surface area contributed by atoms with Crippen molar-refractivity contribution in [3.05, 3.63) is 90.0 Å². The van der Waals surface area contributed by atoms with E-state index in [0.717, 1.165) is 0 Å². The van der Waals surface area contributed by atoms with Gasteiger partial charge in [-0.1, -0.05) is 13.8 Å². The molecule has 156 valence electrons. The molecule has 0 aliphatic heterocycles. The Morgan fingerprint density at radius 3 is 1.60 bits per heavy atom. The minimum atomic E-state index is -0.349. The van der Waals surface area contributed by atoms with Crippen molar-refractivity contribution in [1.82, 2.24) is 0 Å². The highest BCUT2D eigenvalue weighted by Crippen LogP contribution is 2.27. The molecule has 0 aromatic heterocycles. The van der Waals surface area contributed by atoms with Crippen LogP contribution in [-0.2, 0) is 4.79 Å². The van der Waals surface area contributed by atoms with E-state index in [-0.39, 0.29) is 29.1 Å². The first-order valence-electron chi connectivity index (χ1n) is 9.52. The molecule has 0 spiro atoms. The normalized spacial score (nSPS) is 10.0. The number of anilines is 2. The average molecular weight is 411 g/mol. The highest BCUT2D eigenvalue weighted by molar-refractivity contribution is 6.00. The van der Waals surface area contributed by atoms with E-state index in [1.165, 1.54) is 53.4 Å². The fourth-order valence-corrected chi connectivity index (χ4v) is 2.63. The molecule has 0 saturated heterocycles. The second kappa shape index (κ2) is 10.9. The zero-order chi connectivity index (χ0) is 22.1. The van der Waals surface area contributed by atoms with E-state index in [1.807, 2.05) is 0 Å². The standard InChI is InChI=1S/C15H14FNO2.C9H9FO/c1-2-15(19)17(12-5-3-11(16)4-6-12)13-7-9-14(18)10-8-13;1-2-9(11)7-3-5-8(10)6-4-7/h3-10,18H,2H2,1H3;3-6H,2H2,1H3. The smallest absolute Gasteiger partial charge is 0.231 e. The number of halogens is 2. The van der Waals surface area contributed by atoms with Crippen LogP contribution in [0.2, 0.25) is 0 Å². The lowest BCUT2D eigenvalue weighted by atomic mass is 10.1. The van der Waals surface area contributed by atoms with Gasteiger partial charge < -0.3 is 5.11 Å². The molecular formula is C24H23F2NO3. The monoisotopic (exact) mass is 411 g/mol. The van der Waals surface area contributed by atoms with Crippen LogP contribution in [0.5, 0.6) is 5.75 Å². The maximum Gasteiger partial charge on any atom is 0.231 e. The second-order valence-corrected chi connectivity index (χ2v) is 6.36. The van der Waals surface area contributed by atoms with E-state index < -0.39 is 0 Å². The number of aromatic hydroxyl groups is 1. The summed E-state index contributed by atoms with van der Waals surface area (Å²) in [5, 5.41) is 9.29. The Balaban J connectivity index is 0.000000248. The molecule has 1 N–H and O–H groups in total. The number of carbonyl (C=O) groups excluding carboxylic acids is 2. The highest BCUT2D eigenvalue weighted by atomic mass is 19.1. The van der Waals surface area contributed by atoms with Gasteiger partial charge in [0, 0.05) is 29.8 Å². The van der Waals surface area contributed by atoms with Gasteiger partial charge in [-0.05, 0) is 72.8 Å². The molecule has 0 fully saturated rings. The van der Waals surface area contributed by atoms with Crippen molar-refractivity contribution in [2.45, 2.75) is 26.7 Å². The molecule has 0 radical (unpaired) electrons. The van der Waals surface area contributed by atoms with Gasteiger partial charge in [0.15, 0.2) is 5.78 Å². The zero-order valence-electron chi connectivity index (χ0n) is 16.8. The summed E-state index contributed by atoms with van der Waals surface area (Å²) < 4.78 is 25.3. The van der Waals surface area contributed by atoms with E-state index in [1.54, 1.807) is 38.1 Å². The predicted molar refractivity (Wildman–Crippen MR) is 113 cm³/mol. The Bertz CT molecular complexity index is 923. The van der Waals surface area contributed by atoms with Crippen molar-refractivity contribution in [1.29, 1.82) is 0 Å². The minimum Gasteiger partial charge on any atom is -0.508 e. The summed E-state index contributed by atoms with van der Waals surface area (Å²) in [7, 11) is 0. The molecule has 1 amide bonds. The Morgan fingerprint density at radius 1 is 0.733 bits per heavy atom. The molecular weight excluding hydrogens is 388 g/mol. The third kappa shape index (κ3) is 6.24. The minimum absolute atomic E-state index is 0.0463. The quantitative estimate of drug-likeness (QED) is 0.522. The van der Waals surface area contributed by atoms with Crippen molar-refractivity contribution in [3.8, 4) is 5.75 Å². The van der Waals surface area contributed by atoms with Crippen LogP contribution in [0.3, 0.4) is 0 Å². The topological polar surface area (TPSA) is 57.6 Å². The van der Waals surface area contributed by atoms with Gasteiger partial charge in [0.1, 0.15) is 17.4 Å². The van der Waals surface area contributed by atoms with Crippen LogP contribution in [0.25, 0.3) is 0 Å². The molecule has 4 nitrogen and oxygen atoms in total. The van der Waals surface area contributed by atoms with Gasteiger partial charge in [-0.25, -0.2) is 8.78 Å². The molecule has 0 aliphatic carbocycles. The molecule has 0 saturated carbocycles. The van der Waals surface area contributed by atoms with Crippen molar-refractivity contribution >= 4 is 23.1 Å². The fraction of sp³-hybridized carbons (Fsp3) is 0.167. The van der Waals surface area contributed by atoms with Crippen molar-refractivity contribution < 1.29 is 23.5 Å². The first-order valence-corrected chi connectivity index (χ1v) is 9.52. The Morgan fingerprint density at radius 2 is 1.17 bits per heavy atom. The number of ketones is 1. The van der Waals surface area contributed by atoms with Crippen molar-refractivity contribution in [2.75, 3.05) is 4.90 Å². The lowest BCUT2D eigenvalue weighted by Crippen LogP contribution is -2.24. The largest absolute Gasteiger partial charge is 0.508 e. The van der Waals surface area contributed by atoms with Gasteiger partial charge >= 0.3 is 0 Å². The third-order valence-corrected chi connectivity index (χ3v) is 4.23. The van der Waals surface area contributed by atoms with Gasteiger partial charge in [0.05, 0.1) is 0 Å². The van der Waals surface area contributed by atoms with Crippen LogP contribution in [0.4, 0.5) is 20.2 Å². The fourth-order valence-electron chi connectivity index (χ4n) is 2.63. The first-order chi connectivity index (χ1) is 14.3. The molecule has 0 atom stereocenters. The summed E-state index contributed by atoms with van der Waals surface area (Å²) in [5.41, 5.74) is 1.81. The average Bonchev–Trinajstić information content (AvgIpc) is 2.77. The number of phenols is 1. The number of nitrogens with zero attached hydrogens (tertiary/aromatic N) is 1. The molecule has 0 aliphatic rings. The number of Topliss-reactive ketones (excluding diaryl/α,β-unsaturated/α-hetero) is 1. The zero-order valence-corrected chi connectivity index (χ0v) is 16.8. The van der Waals surface area contributed by atoms with Crippen LogP contribution < -0.4 is 4.90 Å². The summed E-state index contributed by atoms with van der Waals surface area (Å²) in [6, 6.07) is 17.6. The molecule has 6 heteroatoms. The molecule has 3 rings (SSSR count). The lowest BCUT2D eigenvalue weighted by Gasteiger charge is -2.22. The van der Waals surface area contributed by atoms with Gasteiger partial charge in [0.2, 0.25) is 5.91 Å². The Labute approximate surface area is 174 Å². The summed E-state index contributed by atoms with van der Waals surface area (Å²) >= 11 is 0. The number of hydrogen-bond acceptors (Lipinski definition) is 3. The Kier molecular flexibility index (Phi) is 8.23. The van der Waals surface area contributed by atoms with Gasteiger partial charge in [-0.15, -0.1) is 0 Å². The van der Waals surface area contributed by atoms with Crippen LogP contribution in [0.15, 0.2) is 72.8 Å². The van der Waals surface area contributed by atoms with E-state index >= 15 is 0 Å². The highest BCUT2D eigenvalue weighted by Gasteiger charge is 2.16. The molecule has 0 heterocycles. The molecule has 3 aromatic rings. The maximum atomic E-state index is 13.0. The SMILES string of the molecule is CCC(=O)N(c1ccc(O)cc1)c1ccc(F)cc1.CCC(=O)c1ccc(F)cc1. The number of hydrogen-bond donors (Lipinski definition) is 1. The van der Waals surface area contributed by atoms with E-state index in [0.29, 0.717) is 29.8 Å². The van der Waals surface area contributed by atoms with Gasteiger partial charge in [-0.3, -0.25) is 14.5 Å². The van der Waals surface area contributed by atoms with E-state index in [4.69, 9.17) is 0 Å². The number of phenolic OH excluding ortho intramolecular Hbond substituents is 1. The van der Waals surface area contributed by atoms with Crippen LogP contribution in [0, 0.1) is 11.6 Å². The summed E-state index contributed by atoms with van der Waals surface area (Å²) in [6.07, 6.45) is 0.796. The Hall–Kier alpha value is -3.54. The molecule has 30 heavy (non-hydrogen) atoms. The number of carbonyl (C=O) groups is 2. The third-order valence-electron chi connectivity index (χ3n) is 4.23. The molecule has 0 bridgehead atoms.